The molecule has 0 spiro atoms. The molecule has 0 aromatic carbocycles. The van der Waals surface area contributed by atoms with Crippen molar-refractivity contribution in [2.75, 3.05) is 43.0 Å². The largest absolute Gasteiger partial charge is 0.366 e. The van der Waals surface area contributed by atoms with Gasteiger partial charge in [0.1, 0.15) is 5.82 Å². The molecule has 2 saturated heterocycles. The van der Waals surface area contributed by atoms with Crippen molar-refractivity contribution in [2.24, 2.45) is 0 Å². The van der Waals surface area contributed by atoms with Crippen molar-refractivity contribution in [1.29, 1.82) is 0 Å². The number of aromatic nitrogens is 1. The van der Waals surface area contributed by atoms with Gasteiger partial charge in [0, 0.05) is 45.3 Å². The Balaban J connectivity index is 1.57. The molecule has 25 heavy (non-hydrogen) atoms. The number of anilines is 1. The molecule has 0 bridgehead atoms. The minimum Gasteiger partial charge on any atom is -0.366 e. The number of nitrogens with zero attached hydrogens (tertiary/aromatic N) is 3. The van der Waals surface area contributed by atoms with Gasteiger partial charge in [-0.2, -0.15) is 0 Å². The normalized spacial score (nSPS) is 22.7. The first kappa shape index (κ1) is 17.7. The van der Waals surface area contributed by atoms with Gasteiger partial charge < -0.3 is 15.1 Å². The Morgan fingerprint density at radius 2 is 1.84 bits per heavy atom. The molecule has 2 aliphatic rings. The van der Waals surface area contributed by atoms with Crippen LogP contribution < -0.4 is 5.32 Å². The molecule has 0 radical (unpaired) electrons. The van der Waals surface area contributed by atoms with Gasteiger partial charge in [-0.3, -0.25) is 9.59 Å². The fraction of sp³-hybridized carbons (Fsp3) is 0.562. The van der Waals surface area contributed by atoms with Gasteiger partial charge in [-0.25, -0.2) is 13.4 Å². The molecule has 2 fully saturated rings. The average molecular weight is 366 g/mol. The molecule has 1 atom stereocenters. The summed E-state index contributed by atoms with van der Waals surface area (Å²) < 4.78 is 23.0. The van der Waals surface area contributed by atoms with E-state index in [1.54, 1.807) is 21.9 Å². The predicted octanol–water partition coefficient (Wildman–Crippen LogP) is -0.0151. The Hall–Kier alpha value is -2.16. The van der Waals surface area contributed by atoms with Crippen LogP contribution in [0.25, 0.3) is 0 Å². The van der Waals surface area contributed by atoms with Crippen LogP contribution in [0.5, 0.6) is 0 Å². The second kappa shape index (κ2) is 6.99. The van der Waals surface area contributed by atoms with Gasteiger partial charge in [-0.15, -0.1) is 0 Å². The van der Waals surface area contributed by atoms with Crippen LogP contribution in [0.3, 0.4) is 0 Å². The third kappa shape index (κ3) is 4.28. The summed E-state index contributed by atoms with van der Waals surface area (Å²) >= 11 is 0. The number of carbonyl (C=O) groups excluding carboxylic acids is 2. The van der Waals surface area contributed by atoms with Gasteiger partial charge in [0.15, 0.2) is 9.84 Å². The number of piperazine rings is 1. The van der Waals surface area contributed by atoms with Crippen molar-refractivity contribution in [2.45, 2.75) is 19.4 Å². The fourth-order valence-electron chi connectivity index (χ4n) is 3.13. The monoisotopic (exact) mass is 366 g/mol. The molecule has 1 N–H and O–H groups in total. The third-order valence-electron chi connectivity index (χ3n) is 4.61. The van der Waals surface area contributed by atoms with Crippen LogP contribution in [-0.2, 0) is 14.6 Å². The van der Waals surface area contributed by atoms with E-state index in [9.17, 15) is 18.0 Å². The maximum atomic E-state index is 12.5. The van der Waals surface area contributed by atoms with Crippen molar-refractivity contribution in [1.82, 2.24) is 14.8 Å². The summed E-state index contributed by atoms with van der Waals surface area (Å²) in [5, 5.41) is 3.10. The van der Waals surface area contributed by atoms with E-state index in [4.69, 9.17) is 0 Å². The van der Waals surface area contributed by atoms with E-state index in [1.807, 2.05) is 0 Å². The van der Waals surface area contributed by atoms with Crippen LogP contribution in [-0.4, -0.2) is 78.7 Å². The highest BCUT2D eigenvalue weighted by Crippen LogP contribution is 2.17. The lowest BCUT2D eigenvalue weighted by Gasteiger charge is -2.34. The highest BCUT2D eigenvalue weighted by atomic mass is 32.2. The molecule has 136 valence electrons. The molecule has 2 amide bonds. The summed E-state index contributed by atoms with van der Waals surface area (Å²) in [6.45, 7) is 3.65. The number of sulfone groups is 1. The van der Waals surface area contributed by atoms with Crippen LogP contribution in [0, 0.1) is 0 Å². The number of carbonyl (C=O) groups is 2. The number of amides is 2. The summed E-state index contributed by atoms with van der Waals surface area (Å²) in [5.41, 5.74) is 0.487. The van der Waals surface area contributed by atoms with E-state index >= 15 is 0 Å². The molecule has 3 heterocycles. The van der Waals surface area contributed by atoms with Crippen LogP contribution in [0.4, 0.5) is 5.82 Å². The zero-order valence-corrected chi connectivity index (χ0v) is 15.0. The second-order valence-electron chi connectivity index (χ2n) is 6.47. The first-order chi connectivity index (χ1) is 11.8. The Morgan fingerprint density at radius 1 is 1.16 bits per heavy atom. The number of hydrogen-bond acceptors (Lipinski definition) is 6. The van der Waals surface area contributed by atoms with Gasteiger partial charge in [0.05, 0.1) is 17.1 Å². The maximum absolute atomic E-state index is 12.5. The molecule has 8 nitrogen and oxygen atoms in total. The molecule has 1 aromatic rings. The number of hydrogen-bond donors (Lipinski definition) is 1. The zero-order valence-electron chi connectivity index (χ0n) is 14.1. The van der Waals surface area contributed by atoms with Gasteiger partial charge in [-0.1, -0.05) is 0 Å². The van der Waals surface area contributed by atoms with Crippen molar-refractivity contribution < 1.29 is 18.0 Å². The second-order valence-corrected chi connectivity index (χ2v) is 8.70. The molecule has 1 unspecified atom stereocenters. The molecule has 3 rings (SSSR count). The van der Waals surface area contributed by atoms with Crippen molar-refractivity contribution in [3.05, 3.63) is 23.9 Å². The van der Waals surface area contributed by atoms with Gasteiger partial charge in [-0.05, 0) is 18.6 Å². The molecule has 0 aliphatic carbocycles. The SMILES string of the molecule is CC(=O)N1CCN(C(=O)c2ccc(NC3CCS(=O)(=O)C3)nc2)CC1. The highest BCUT2D eigenvalue weighted by Gasteiger charge is 2.28. The Bertz CT molecular complexity index is 755. The summed E-state index contributed by atoms with van der Waals surface area (Å²) in [4.78, 5) is 31.5. The average Bonchev–Trinajstić information content (AvgIpc) is 2.93. The number of nitrogens with one attached hydrogen (secondary N) is 1. The van der Waals surface area contributed by atoms with Crippen molar-refractivity contribution in [3.63, 3.8) is 0 Å². The molecular formula is C16H22N4O4S. The zero-order chi connectivity index (χ0) is 18.0. The molecule has 9 heteroatoms. The molecular weight excluding hydrogens is 344 g/mol. The van der Waals surface area contributed by atoms with Crippen LogP contribution in [0.15, 0.2) is 18.3 Å². The van der Waals surface area contributed by atoms with E-state index in [0.29, 0.717) is 44.0 Å². The fourth-order valence-corrected chi connectivity index (χ4v) is 4.80. The van der Waals surface area contributed by atoms with E-state index in [0.717, 1.165) is 0 Å². The van der Waals surface area contributed by atoms with Crippen LogP contribution >= 0.6 is 0 Å². The minimum absolute atomic E-state index is 0.0260. The lowest BCUT2D eigenvalue weighted by molar-refractivity contribution is -0.130. The Kier molecular flexibility index (Phi) is 4.94. The van der Waals surface area contributed by atoms with Crippen LogP contribution in [0.2, 0.25) is 0 Å². The molecule has 2 aliphatic heterocycles. The first-order valence-electron chi connectivity index (χ1n) is 8.32. The summed E-state index contributed by atoms with van der Waals surface area (Å²) in [6.07, 6.45) is 2.08. The van der Waals surface area contributed by atoms with Gasteiger partial charge in [0.25, 0.3) is 5.91 Å². The lowest BCUT2D eigenvalue weighted by Crippen LogP contribution is -2.50. The van der Waals surface area contributed by atoms with Gasteiger partial charge in [0.2, 0.25) is 5.91 Å². The minimum atomic E-state index is -2.94. The predicted molar refractivity (Wildman–Crippen MR) is 93.1 cm³/mol. The van der Waals surface area contributed by atoms with Gasteiger partial charge >= 0.3 is 0 Å². The number of pyridine rings is 1. The smallest absolute Gasteiger partial charge is 0.255 e. The topological polar surface area (TPSA) is 99.7 Å². The molecule has 1 aromatic heterocycles. The van der Waals surface area contributed by atoms with Crippen LogP contribution in [0.1, 0.15) is 23.7 Å². The summed E-state index contributed by atoms with van der Waals surface area (Å²) in [6, 6.07) is 3.27. The van der Waals surface area contributed by atoms with E-state index in [-0.39, 0.29) is 29.4 Å². The van der Waals surface area contributed by atoms with E-state index in [2.05, 4.69) is 10.3 Å². The third-order valence-corrected chi connectivity index (χ3v) is 6.38. The Labute approximate surface area is 147 Å². The quantitative estimate of drug-likeness (QED) is 0.807. The first-order valence-corrected chi connectivity index (χ1v) is 10.1. The van der Waals surface area contributed by atoms with E-state index in [1.165, 1.54) is 13.1 Å². The maximum Gasteiger partial charge on any atom is 0.255 e. The summed E-state index contributed by atoms with van der Waals surface area (Å²) in [7, 11) is -2.94. The standard InChI is InChI=1S/C16H22N4O4S/c1-12(21)19-5-7-20(8-6-19)16(22)13-2-3-15(17-10-13)18-14-4-9-25(23,24)11-14/h2-3,10,14H,4-9,11H2,1H3,(H,17,18). The molecule has 0 saturated carbocycles. The number of rotatable bonds is 3. The Morgan fingerprint density at radius 3 is 2.36 bits per heavy atom. The lowest BCUT2D eigenvalue weighted by atomic mass is 10.2. The van der Waals surface area contributed by atoms with E-state index < -0.39 is 9.84 Å². The van der Waals surface area contributed by atoms with Crippen molar-refractivity contribution in [3.8, 4) is 0 Å². The highest BCUT2D eigenvalue weighted by molar-refractivity contribution is 7.91. The van der Waals surface area contributed by atoms with Crippen molar-refractivity contribution >= 4 is 27.5 Å². The summed E-state index contributed by atoms with van der Waals surface area (Å²) in [5.74, 6) is 0.812.